The van der Waals surface area contributed by atoms with Gasteiger partial charge in [0, 0.05) is 23.0 Å². The molecule has 0 unspecified atom stereocenters. The topological polar surface area (TPSA) is 105 Å². The maximum Gasteiger partial charge on any atom is 0.290 e. The molecule has 2 amide bonds. The van der Waals surface area contributed by atoms with E-state index >= 15 is 0 Å². The van der Waals surface area contributed by atoms with Gasteiger partial charge in [-0.1, -0.05) is 104 Å². The number of carbonyl (C=O) groups is 3. The maximum absolute atomic E-state index is 13.1. The van der Waals surface area contributed by atoms with Crippen molar-refractivity contribution in [3.05, 3.63) is 113 Å². The van der Waals surface area contributed by atoms with E-state index in [0.717, 1.165) is 39.1 Å². The first-order chi connectivity index (χ1) is 21.5. The van der Waals surface area contributed by atoms with Crippen molar-refractivity contribution in [3.8, 4) is 22.6 Å². The summed E-state index contributed by atoms with van der Waals surface area (Å²) in [5.41, 5.74) is 4.00. The van der Waals surface area contributed by atoms with Gasteiger partial charge in [-0.3, -0.25) is 14.4 Å². The summed E-state index contributed by atoms with van der Waals surface area (Å²) in [6.45, 7) is 8.74. The number of rotatable bonds is 12. The largest absolute Gasteiger partial charge is 0.483 e. The molecule has 0 aliphatic heterocycles. The number of anilines is 1. The van der Waals surface area contributed by atoms with Crippen LogP contribution in [0.4, 0.5) is 5.69 Å². The quantitative estimate of drug-likeness (QED) is 0.130. The molecule has 0 heterocycles. The number of para-hydroxylation sites is 2. The molecule has 0 spiro atoms. The molecule has 0 aromatic heterocycles. The van der Waals surface area contributed by atoms with Crippen molar-refractivity contribution in [1.29, 1.82) is 0 Å². The van der Waals surface area contributed by atoms with Crippen LogP contribution in [0.15, 0.2) is 102 Å². The fraction of sp³-hybridized carbons (Fsp3) is 0.270. The summed E-state index contributed by atoms with van der Waals surface area (Å²) < 4.78 is 6.91. The lowest BCUT2D eigenvalue weighted by molar-refractivity contribution is -0.123. The monoisotopic (exact) mass is 672 g/mol. The molecule has 8 heteroatoms. The van der Waals surface area contributed by atoms with Gasteiger partial charge in [0.1, 0.15) is 11.5 Å². The first kappa shape index (κ1) is 35.1. The Balaban J connectivity index is 0.00000177. The van der Waals surface area contributed by atoms with E-state index in [-0.39, 0.29) is 23.7 Å². The fourth-order valence-electron chi connectivity index (χ4n) is 5.30. The number of ether oxygens (including phenoxy) is 1. The molecule has 3 N–H and O–H groups in total. The molecule has 7 nitrogen and oxygen atoms in total. The lowest BCUT2D eigenvalue weighted by Gasteiger charge is -2.26. The third-order valence-electron chi connectivity index (χ3n) is 6.92. The molecule has 0 aliphatic rings. The van der Waals surface area contributed by atoms with Gasteiger partial charge in [0.2, 0.25) is 5.91 Å². The number of halogens is 1. The molecule has 4 aromatic rings. The van der Waals surface area contributed by atoms with Gasteiger partial charge in [-0.15, -0.1) is 0 Å². The summed E-state index contributed by atoms with van der Waals surface area (Å²) in [6, 6.07) is 31.4. The van der Waals surface area contributed by atoms with Crippen LogP contribution in [0.2, 0.25) is 0 Å². The van der Waals surface area contributed by atoms with Crippen LogP contribution < -0.4 is 15.4 Å². The van der Waals surface area contributed by atoms with Crippen LogP contribution in [-0.2, 0) is 16.0 Å². The van der Waals surface area contributed by atoms with Crippen molar-refractivity contribution in [2.24, 2.45) is 11.3 Å². The SMILES string of the molecule is CC(C)CC(C)(C)CC(=O)Nc1ccc(Br)cc1C(=O)NCCc1ccc(-c2ccccc2Oc2ccccc2)cc1.O=CO. The van der Waals surface area contributed by atoms with Gasteiger partial charge in [0.25, 0.3) is 12.4 Å². The zero-order valence-corrected chi connectivity index (χ0v) is 27.8. The van der Waals surface area contributed by atoms with Gasteiger partial charge in [0.15, 0.2) is 0 Å². The summed E-state index contributed by atoms with van der Waals surface area (Å²) >= 11 is 3.46. The summed E-state index contributed by atoms with van der Waals surface area (Å²) in [6.07, 6.45) is 2.01. The minimum Gasteiger partial charge on any atom is -0.483 e. The van der Waals surface area contributed by atoms with Crippen molar-refractivity contribution < 1.29 is 24.2 Å². The Morgan fingerprint density at radius 1 is 0.933 bits per heavy atom. The van der Waals surface area contributed by atoms with Gasteiger partial charge in [0.05, 0.1) is 11.3 Å². The van der Waals surface area contributed by atoms with Crippen molar-refractivity contribution >= 4 is 39.9 Å². The number of carboxylic acid groups (broad SMARTS) is 1. The Morgan fingerprint density at radius 3 is 2.24 bits per heavy atom. The number of benzene rings is 4. The van der Waals surface area contributed by atoms with Gasteiger partial charge in [-0.05, 0) is 71.7 Å². The van der Waals surface area contributed by atoms with Crippen LogP contribution in [0.25, 0.3) is 11.1 Å². The van der Waals surface area contributed by atoms with Crippen LogP contribution in [0.5, 0.6) is 11.5 Å². The Morgan fingerprint density at radius 2 is 1.58 bits per heavy atom. The van der Waals surface area contributed by atoms with Crippen LogP contribution in [0.1, 0.15) is 56.5 Å². The number of nitrogens with one attached hydrogen (secondary N) is 2. The van der Waals surface area contributed by atoms with Crippen molar-refractivity contribution in [2.45, 2.75) is 47.0 Å². The van der Waals surface area contributed by atoms with E-state index < -0.39 is 0 Å². The second-order valence-corrected chi connectivity index (χ2v) is 12.8. The molecule has 0 aliphatic carbocycles. The standard InChI is InChI=1S/C36H39BrN2O3.CH2O2/c1-25(2)23-36(3,4)24-34(40)39-32-19-18-28(37)22-31(32)35(41)38-21-20-26-14-16-27(17-15-26)30-12-8-9-13-33(30)42-29-10-6-5-7-11-29;2-1-3/h5-19,22,25H,20-21,23-24H2,1-4H3,(H,38,41)(H,39,40);1H,(H,2,3). The van der Waals surface area contributed by atoms with Crippen LogP contribution in [-0.4, -0.2) is 29.9 Å². The number of carbonyl (C=O) groups excluding carboxylic acids is 2. The smallest absolute Gasteiger partial charge is 0.290 e. The Hall–Kier alpha value is -4.43. The van der Waals surface area contributed by atoms with Crippen LogP contribution in [0.3, 0.4) is 0 Å². The molecule has 0 saturated heterocycles. The second kappa shape index (κ2) is 17.2. The van der Waals surface area contributed by atoms with E-state index in [4.69, 9.17) is 14.6 Å². The average molecular weight is 674 g/mol. The van der Waals surface area contributed by atoms with E-state index in [1.165, 1.54) is 0 Å². The summed E-state index contributed by atoms with van der Waals surface area (Å²) in [5.74, 6) is 1.77. The van der Waals surface area contributed by atoms with Crippen molar-refractivity contribution in [1.82, 2.24) is 5.32 Å². The van der Waals surface area contributed by atoms with Gasteiger partial charge in [-0.25, -0.2) is 0 Å². The summed E-state index contributed by atoms with van der Waals surface area (Å²) in [7, 11) is 0. The number of hydrogen-bond donors (Lipinski definition) is 3. The Kier molecular flexibility index (Phi) is 13.4. The first-order valence-corrected chi connectivity index (χ1v) is 15.7. The normalized spacial score (nSPS) is 10.8. The molecule has 45 heavy (non-hydrogen) atoms. The molecule has 0 atom stereocenters. The van der Waals surface area contributed by atoms with Gasteiger partial charge < -0.3 is 20.5 Å². The van der Waals surface area contributed by atoms with Crippen LogP contribution in [0, 0.1) is 11.3 Å². The fourth-order valence-corrected chi connectivity index (χ4v) is 5.66. The van der Waals surface area contributed by atoms with Gasteiger partial charge >= 0.3 is 0 Å². The molecule has 0 bridgehead atoms. The number of hydrogen-bond acceptors (Lipinski definition) is 4. The highest BCUT2D eigenvalue weighted by Crippen LogP contribution is 2.33. The Bertz CT molecular complexity index is 1550. The third kappa shape index (κ3) is 11.5. The van der Waals surface area contributed by atoms with Crippen molar-refractivity contribution in [2.75, 3.05) is 11.9 Å². The predicted octanol–water partition coefficient (Wildman–Crippen LogP) is 8.98. The maximum atomic E-state index is 13.1. The summed E-state index contributed by atoms with van der Waals surface area (Å²) in [4.78, 5) is 34.4. The first-order valence-electron chi connectivity index (χ1n) is 14.9. The average Bonchev–Trinajstić information content (AvgIpc) is 2.98. The zero-order valence-electron chi connectivity index (χ0n) is 26.2. The van der Waals surface area contributed by atoms with Crippen LogP contribution >= 0.6 is 15.9 Å². The molecule has 0 fully saturated rings. The molecule has 0 saturated carbocycles. The van der Waals surface area contributed by atoms with E-state index in [1.54, 1.807) is 12.1 Å². The lowest BCUT2D eigenvalue weighted by atomic mass is 9.81. The third-order valence-corrected chi connectivity index (χ3v) is 7.42. The minimum absolute atomic E-state index is 0.0899. The van der Waals surface area contributed by atoms with E-state index in [0.29, 0.717) is 36.6 Å². The minimum atomic E-state index is -0.250. The molecular weight excluding hydrogens is 632 g/mol. The molecule has 4 aromatic carbocycles. The molecule has 236 valence electrons. The predicted molar refractivity (Wildman–Crippen MR) is 184 cm³/mol. The lowest BCUT2D eigenvalue weighted by Crippen LogP contribution is -2.28. The zero-order chi connectivity index (χ0) is 32.8. The molecular formula is C37H41BrN2O5. The Labute approximate surface area is 274 Å². The van der Waals surface area contributed by atoms with Crippen molar-refractivity contribution in [3.63, 3.8) is 0 Å². The van der Waals surface area contributed by atoms with E-state index in [1.807, 2.05) is 60.7 Å². The highest BCUT2D eigenvalue weighted by molar-refractivity contribution is 9.10. The molecule has 0 radical (unpaired) electrons. The second-order valence-electron chi connectivity index (χ2n) is 11.9. The summed E-state index contributed by atoms with van der Waals surface area (Å²) in [5, 5.41) is 12.9. The van der Waals surface area contributed by atoms with Gasteiger partial charge in [-0.2, -0.15) is 0 Å². The van der Waals surface area contributed by atoms with E-state index in [9.17, 15) is 9.59 Å². The van der Waals surface area contributed by atoms with E-state index in [2.05, 4.69) is 78.5 Å². The number of amides is 2. The highest BCUT2D eigenvalue weighted by atomic mass is 79.9. The molecule has 4 rings (SSSR count). The highest BCUT2D eigenvalue weighted by Gasteiger charge is 2.24.